The number of hydrogen-bond donors (Lipinski definition) is 1. The van der Waals surface area contributed by atoms with E-state index in [9.17, 15) is 18.0 Å². The third-order valence-corrected chi connectivity index (χ3v) is 4.36. The molecule has 0 saturated carbocycles. The third kappa shape index (κ3) is 10.5. The topological polar surface area (TPSA) is 51.2 Å². The molecule has 164 valence electrons. The second-order valence-corrected chi connectivity index (χ2v) is 7.28. The van der Waals surface area contributed by atoms with Gasteiger partial charge in [0.1, 0.15) is 6.54 Å². The number of likely N-dealkylation sites (N-methyl/N-ethyl adjacent to an activating group) is 1. The first-order valence-electron chi connectivity index (χ1n) is 9.18. The normalized spacial score (nSPS) is 17.5. The molecule has 0 spiro atoms. The van der Waals surface area contributed by atoms with Gasteiger partial charge in [-0.05, 0) is 25.8 Å². The van der Waals surface area contributed by atoms with E-state index < -0.39 is 12.7 Å². The second kappa shape index (κ2) is 12.5. The van der Waals surface area contributed by atoms with Crippen LogP contribution in [0.3, 0.4) is 0 Å². The predicted molar refractivity (Wildman–Crippen MR) is 117 cm³/mol. The van der Waals surface area contributed by atoms with Gasteiger partial charge in [-0.3, -0.25) is 9.69 Å². The fourth-order valence-electron chi connectivity index (χ4n) is 2.88. The van der Waals surface area contributed by atoms with Crippen LogP contribution < -0.4 is 5.32 Å². The van der Waals surface area contributed by atoms with Crippen LogP contribution in [-0.2, 0) is 4.79 Å². The summed E-state index contributed by atoms with van der Waals surface area (Å²) >= 11 is 0. The van der Waals surface area contributed by atoms with Crippen molar-refractivity contribution < 1.29 is 18.0 Å². The molecular weight excluding hydrogens is 486 g/mol. The van der Waals surface area contributed by atoms with E-state index in [1.807, 2.05) is 11.8 Å². The van der Waals surface area contributed by atoms with Crippen molar-refractivity contribution in [3.05, 3.63) is 12.2 Å². The molecule has 0 radical (unpaired) electrons. The molecule has 10 heteroatoms. The summed E-state index contributed by atoms with van der Waals surface area (Å²) in [6, 6.07) is 0. The van der Waals surface area contributed by atoms with Crippen molar-refractivity contribution in [2.75, 3.05) is 59.9 Å². The standard InChI is InChI=1S/C18H32F3N5O.HI/c1-6-25(13-18(19,20)21)11-15-7-8-26(12-15)17(22-9-14(2)3)23-10-16(27)24(4)5;/h15H,2,6-13H2,1,3-5H3,(H,22,23);1H. The van der Waals surface area contributed by atoms with Gasteiger partial charge in [-0.1, -0.05) is 19.1 Å². The number of guanidine groups is 1. The lowest BCUT2D eigenvalue weighted by Gasteiger charge is -2.26. The Kier molecular flexibility index (Phi) is 12.0. The molecule has 6 nitrogen and oxygen atoms in total. The molecule has 1 saturated heterocycles. The highest BCUT2D eigenvalue weighted by atomic mass is 127. The molecule has 1 rings (SSSR count). The van der Waals surface area contributed by atoms with Crippen molar-refractivity contribution >= 4 is 35.8 Å². The zero-order valence-corrected chi connectivity index (χ0v) is 19.5. The number of alkyl halides is 3. The van der Waals surface area contributed by atoms with Crippen molar-refractivity contribution in [3.63, 3.8) is 0 Å². The fourth-order valence-corrected chi connectivity index (χ4v) is 2.88. The van der Waals surface area contributed by atoms with E-state index in [1.165, 1.54) is 9.80 Å². The molecule has 1 atom stereocenters. The van der Waals surface area contributed by atoms with Gasteiger partial charge in [-0.2, -0.15) is 13.2 Å². The lowest BCUT2D eigenvalue weighted by molar-refractivity contribution is -0.146. The highest BCUT2D eigenvalue weighted by molar-refractivity contribution is 14.0. The highest BCUT2D eigenvalue weighted by Crippen LogP contribution is 2.21. The summed E-state index contributed by atoms with van der Waals surface area (Å²) < 4.78 is 38.0. The van der Waals surface area contributed by atoms with Crippen LogP contribution in [0, 0.1) is 5.92 Å². The highest BCUT2D eigenvalue weighted by Gasteiger charge is 2.33. The number of halogens is 4. The Balaban J connectivity index is 0.00000729. The first-order valence-corrected chi connectivity index (χ1v) is 9.18. The van der Waals surface area contributed by atoms with Gasteiger partial charge in [0.25, 0.3) is 0 Å². The summed E-state index contributed by atoms with van der Waals surface area (Å²) in [6.45, 7) is 9.24. The average Bonchev–Trinajstić information content (AvgIpc) is 3.00. The van der Waals surface area contributed by atoms with Crippen LogP contribution in [-0.4, -0.2) is 92.7 Å². The number of likely N-dealkylation sites (tertiary alicyclic amines) is 1. The van der Waals surface area contributed by atoms with Gasteiger partial charge in [0.15, 0.2) is 5.96 Å². The maximum Gasteiger partial charge on any atom is 0.401 e. The molecule has 1 aliphatic heterocycles. The van der Waals surface area contributed by atoms with Gasteiger partial charge < -0.3 is 15.1 Å². The number of rotatable bonds is 8. The Morgan fingerprint density at radius 1 is 1.36 bits per heavy atom. The van der Waals surface area contributed by atoms with Crippen LogP contribution in [0.2, 0.25) is 0 Å². The number of carbonyl (C=O) groups excluding carboxylic acids is 1. The summed E-state index contributed by atoms with van der Waals surface area (Å²) in [5, 5.41) is 3.19. The van der Waals surface area contributed by atoms with E-state index in [1.54, 1.807) is 21.0 Å². The summed E-state index contributed by atoms with van der Waals surface area (Å²) in [6.07, 6.45) is -3.39. The summed E-state index contributed by atoms with van der Waals surface area (Å²) in [5.74, 6) is 0.631. The minimum atomic E-state index is -4.18. The smallest absolute Gasteiger partial charge is 0.353 e. The molecule has 0 aromatic heterocycles. The Labute approximate surface area is 183 Å². The van der Waals surface area contributed by atoms with Crippen LogP contribution in [0.4, 0.5) is 13.2 Å². The Morgan fingerprint density at radius 3 is 2.50 bits per heavy atom. The van der Waals surface area contributed by atoms with Crippen LogP contribution >= 0.6 is 24.0 Å². The molecule has 1 amide bonds. The van der Waals surface area contributed by atoms with Crippen LogP contribution in [0.5, 0.6) is 0 Å². The lowest BCUT2D eigenvalue weighted by atomic mass is 10.1. The van der Waals surface area contributed by atoms with Crippen molar-refractivity contribution in [2.45, 2.75) is 26.4 Å². The Hall–Kier alpha value is -1.04. The average molecular weight is 519 g/mol. The monoisotopic (exact) mass is 519 g/mol. The maximum absolute atomic E-state index is 12.7. The Bertz CT molecular complexity index is 540. The SMILES string of the molecule is C=C(C)CNC(=NCC(=O)N(C)C)N1CCC(CN(CC)CC(F)(F)F)C1.I. The van der Waals surface area contributed by atoms with Gasteiger partial charge in [0.2, 0.25) is 5.91 Å². The van der Waals surface area contributed by atoms with Crippen molar-refractivity contribution in [3.8, 4) is 0 Å². The van der Waals surface area contributed by atoms with E-state index in [4.69, 9.17) is 0 Å². The van der Waals surface area contributed by atoms with E-state index >= 15 is 0 Å². The first kappa shape index (κ1) is 27.0. The molecule has 1 fully saturated rings. The number of nitrogens with zero attached hydrogens (tertiary/aromatic N) is 4. The van der Waals surface area contributed by atoms with Gasteiger partial charge >= 0.3 is 6.18 Å². The molecule has 0 aliphatic carbocycles. The number of aliphatic imine (C=N–C) groups is 1. The van der Waals surface area contributed by atoms with Crippen LogP contribution in [0.15, 0.2) is 17.1 Å². The molecular formula is C18H33F3IN5O. The van der Waals surface area contributed by atoms with Gasteiger partial charge in [0.05, 0.1) is 6.54 Å². The number of nitrogens with one attached hydrogen (secondary N) is 1. The summed E-state index contributed by atoms with van der Waals surface area (Å²) in [4.78, 5) is 21.1. The zero-order valence-electron chi connectivity index (χ0n) is 17.2. The molecule has 0 aromatic rings. The zero-order chi connectivity index (χ0) is 20.6. The van der Waals surface area contributed by atoms with E-state index in [2.05, 4.69) is 16.9 Å². The molecule has 28 heavy (non-hydrogen) atoms. The molecule has 0 bridgehead atoms. The minimum absolute atomic E-state index is 0. The first-order chi connectivity index (χ1) is 12.5. The second-order valence-electron chi connectivity index (χ2n) is 7.28. The molecule has 1 aliphatic rings. The fraction of sp³-hybridized carbons (Fsp3) is 0.778. The van der Waals surface area contributed by atoms with Crippen LogP contribution in [0.25, 0.3) is 0 Å². The molecule has 1 heterocycles. The summed E-state index contributed by atoms with van der Waals surface area (Å²) in [5.41, 5.74) is 0.930. The van der Waals surface area contributed by atoms with E-state index in [0.29, 0.717) is 38.7 Å². The van der Waals surface area contributed by atoms with Crippen LogP contribution in [0.1, 0.15) is 20.3 Å². The maximum atomic E-state index is 12.7. The molecule has 1 unspecified atom stereocenters. The molecule has 0 aromatic carbocycles. The van der Waals surface area contributed by atoms with Crippen molar-refractivity contribution in [2.24, 2.45) is 10.9 Å². The van der Waals surface area contributed by atoms with Gasteiger partial charge in [-0.25, -0.2) is 4.99 Å². The minimum Gasteiger partial charge on any atom is -0.353 e. The summed E-state index contributed by atoms with van der Waals surface area (Å²) in [7, 11) is 3.34. The Morgan fingerprint density at radius 2 is 2.00 bits per heavy atom. The third-order valence-electron chi connectivity index (χ3n) is 4.36. The number of amides is 1. The quantitative estimate of drug-likeness (QED) is 0.232. The van der Waals surface area contributed by atoms with E-state index in [0.717, 1.165) is 12.0 Å². The lowest BCUT2D eigenvalue weighted by Crippen LogP contribution is -2.42. The molecule has 1 N–H and O–H groups in total. The number of carbonyl (C=O) groups is 1. The predicted octanol–water partition coefficient (Wildman–Crippen LogP) is 2.42. The van der Waals surface area contributed by atoms with Crippen molar-refractivity contribution in [1.29, 1.82) is 0 Å². The van der Waals surface area contributed by atoms with Gasteiger partial charge in [0, 0.05) is 40.3 Å². The largest absolute Gasteiger partial charge is 0.401 e. The number of hydrogen-bond acceptors (Lipinski definition) is 3. The van der Waals surface area contributed by atoms with Crippen molar-refractivity contribution in [1.82, 2.24) is 20.0 Å². The van der Waals surface area contributed by atoms with Gasteiger partial charge in [-0.15, -0.1) is 24.0 Å². The van der Waals surface area contributed by atoms with E-state index in [-0.39, 0.29) is 42.3 Å².